The lowest BCUT2D eigenvalue weighted by molar-refractivity contribution is 0.0708. The molecule has 2 N–H and O–H groups in total. The van der Waals surface area contributed by atoms with Crippen molar-refractivity contribution in [2.75, 3.05) is 25.0 Å². The Morgan fingerprint density at radius 3 is 2.71 bits per heavy atom. The van der Waals surface area contributed by atoms with Crippen LogP contribution in [0.5, 0.6) is 5.75 Å². The standard InChI is InChI=1S/C21H27N3O4/c1-3-11-28-19-13-15(2)4-5-18(19)23-21(26)22-17-6-9-24(10-7-17)20(25)16-8-12-27-14-16/h4-5,8,12-14,17H,3,6-7,9-11H2,1-2H3,(H2,22,23,26). The number of benzene rings is 1. The fraction of sp³-hybridized carbons (Fsp3) is 0.429. The first-order valence-corrected chi connectivity index (χ1v) is 9.69. The van der Waals surface area contributed by atoms with Gasteiger partial charge in [0.25, 0.3) is 5.91 Å². The van der Waals surface area contributed by atoms with E-state index in [2.05, 4.69) is 10.6 Å². The van der Waals surface area contributed by atoms with Crippen LogP contribution < -0.4 is 15.4 Å². The molecule has 1 fully saturated rings. The number of rotatable bonds is 6. The molecule has 28 heavy (non-hydrogen) atoms. The quantitative estimate of drug-likeness (QED) is 0.792. The van der Waals surface area contributed by atoms with Gasteiger partial charge in [0, 0.05) is 19.1 Å². The number of furan rings is 1. The van der Waals surface area contributed by atoms with E-state index < -0.39 is 0 Å². The number of amides is 3. The Kier molecular flexibility index (Phi) is 6.57. The highest BCUT2D eigenvalue weighted by atomic mass is 16.5. The summed E-state index contributed by atoms with van der Waals surface area (Å²) in [5.74, 6) is 0.645. The van der Waals surface area contributed by atoms with Gasteiger partial charge in [0.2, 0.25) is 0 Å². The molecule has 0 bridgehead atoms. The lowest BCUT2D eigenvalue weighted by atomic mass is 10.0. The zero-order valence-electron chi connectivity index (χ0n) is 16.4. The van der Waals surface area contributed by atoms with E-state index in [9.17, 15) is 9.59 Å². The van der Waals surface area contributed by atoms with E-state index in [4.69, 9.17) is 9.15 Å². The Labute approximate surface area is 165 Å². The molecule has 150 valence electrons. The van der Waals surface area contributed by atoms with E-state index in [1.807, 2.05) is 32.0 Å². The zero-order valence-corrected chi connectivity index (χ0v) is 16.4. The molecule has 0 unspecified atom stereocenters. The van der Waals surface area contributed by atoms with Gasteiger partial charge in [0.05, 0.1) is 24.1 Å². The number of ether oxygens (including phenoxy) is 1. The minimum absolute atomic E-state index is 0.0267. The second kappa shape index (κ2) is 9.30. The zero-order chi connectivity index (χ0) is 19.9. The van der Waals surface area contributed by atoms with Gasteiger partial charge in [-0.1, -0.05) is 13.0 Å². The molecule has 3 rings (SSSR count). The maximum Gasteiger partial charge on any atom is 0.319 e. The molecular formula is C21H27N3O4. The number of nitrogens with one attached hydrogen (secondary N) is 2. The highest BCUT2D eigenvalue weighted by molar-refractivity contribution is 5.94. The fourth-order valence-electron chi connectivity index (χ4n) is 3.20. The Morgan fingerprint density at radius 1 is 1.25 bits per heavy atom. The van der Waals surface area contributed by atoms with Gasteiger partial charge < -0.3 is 24.7 Å². The molecule has 7 heteroatoms. The van der Waals surface area contributed by atoms with Gasteiger partial charge in [0.15, 0.2) is 0 Å². The van der Waals surface area contributed by atoms with Gasteiger partial charge in [-0.15, -0.1) is 0 Å². The van der Waals surface area contributed by atoms with Gasteiger partial charge in [0.1, 0.15) is 12.0 Å². The van der Waals surface area contributed by atoms with Crippen molar-refractivity contribution in [1.29, 1.82) is 0 Å². The molecule has 1 aromatic heterocycles. The molecule has 0 atom stereocenters. The number of nitrogens with zero attached hydrogens (tertiary/aromatic N) is 1. The van der Waals surface area contributed by atoms with Crippen molar-refractivity contribution >= 4 is 17.6 Å². The summed E-state index contributed by atoms with van der Waals surface area (Å²) < 4.78 is 10.7. The number of hydrogen-bond acceptors (Lipinski definition) is 4. The van der Waals surface area contributed by atoms with E-state index in [1.165, 1.54) is 12.5 Å². The highest BCUT2D eigenvalue weighted by Crippen LogP contribution is 2.26. The Bertz CT molecular complexity index is 796. The molecule has 7 nitrogen and oxygen atoms in total. The van der Waals surface area contributed by atoms with Gasteiger partial charge in [-0.3, -0.25) is 4.79 Å². The summed E-state index contributed by atoms with van der Waals surface area (Å²) in [6, 6.07) is 7.15. The molecule has 0 radical (unpaired) electrons. The van der Waals surface area contributed by atoms with E-state index in [0.29, 0.717) is 49.5 Å². The van der Waals surface area contributed by atoms with Gasteiger partial charge in [-0.2, -0.15) is 0 Å². The second-order valence-corrected chi connectivity index (χ2v) is 7.03. The monoisotopic (exact) mass is 385 g/mol. The molecule has 0 spiro atoms. The number of carbonyl (C=O) groups is 2. The Hall–Kier alpha value is -2.96. The number of anilines is 1. The summed E-state index contributed by atoms with van der Waals surface area (Å²) >= 11 is 0. The van der Waals surface area contributed by atoms with Crippen LogP contribution >= 0.6 is 0 Å². The fourth-order valence-corrected chi connectivity index (χ4v) is 3.20. The minimum atomic E-state index is -0.259. The van der Waals surface area contributed by atoms with Crippen molar-refractivity contribution in [3.8, 4) is 5.75 Å². The number of hydrogen-bond donors (Lipinski definition) is 2. The van der Waals surface area contributed by atoms with Crippen LogP contribution in [0.2, 0.25) is 0 Å². The topological polar surface area (TPSA) is 83.8 Å². The molecule has 1 saturated heterocycles. The molecule has 2 heterocycles. The number of aryl methyl sites for hydroxylation is 1. The van der Waals surface area contributed by atoms with Crippen molar-refractivity contribution in [3.05, 3.63) is 47.9 Å². The first-order chi connectivity index (χ1) is 13.6. The lowest BCUT2D eigenvalue weighted by Gasteiger charge is -2.32. The third-order valence-corrected chi connectivity index (χ3v) is 4.73. The van der Waals surface area contributed by atoms with Crippen LogP contribution in [0.4, 0.5) is 10.5 Å². The smallest absolute Gasteiger partial charge is 0.319 e. The number of piperidine rings is 1. The molecule has 0 aliphatic carbocycles. The lowest BCUT2D eigenvalue weighted by Crippen LogP contribution is -2.47. The van der Waals surface area contributed by atoms with Crippen LogP contribution in [0.25, 0.3) is 0 Å². The molecule has 0 saturated carbocycles. The third-order valence-electron chi connectivity index (χ3n) is 4.73. The normalized spacial score (nSPS) is 14.6. The van der Waals surface area contributed by atoms with Crippen molar-refractivity contribution in [2.24, 2.45) is 0 Å². The SMILES string of the molecule is CCCOc1cc(C)ccc1NC(=O)NC1CCN(C(=O)c2ccoc2)CC1. The first-order valence-electron chi connectivity index (χ1n) is 9.69. The summed E-state index contributed by atoms with van der Waals surface area (Å²) in [7, 11) is 0. The summed E-state index contributed by atoms with van der Waals surface area (Å²) in [6.45, 7) is 5.83. The molecule has 1 aliphatic rings. The predicted molar refractivity (Wildman–Crippen MR) is 107 cm³/mol. The number of carbonyl (C=O) groups excluding carboxylic acids is 2. The van der Waals surface area contributed by atoms with Crippen molar-refractivity contribution in [1.82, 2.24) is 10.2 Å². The van der Waals surface area contributed by atoms with Crippen LogP contribution in [0, 0.1) is 6.92 Å². The summed E-state index contributed by atoms with van der Waals surface area (Å²) in [5.41, 5.74) is 2.29. The Morgan fingerprint density at radius 2 is 2.04 bits per heavy atom. The van der Waals surface area contributed by atoms with Crippen molar-refractivity contribution < 1.29 is 18.7 Å². The molecule has 1 aromatic carbocycles. The summed E-state index contributed by atoms with van der Waals surface area (Å²) in [4.78, 5) is 26.5. The van der Waals surface area contributed by atoms with E-state index >= 15 is 0 Å². The van der Waals surface area contributed by atoms with Crippen LogP contribution in [-0.2, 0) is 0 Å². The average Bonchev–Trinajstić information content (AvgIpc) is 3.23. The first kappa shape index (κ1) is 19.8. The van der Waals surface area contributed by atoms with E-state index in [-0.39, 0.29) is 18.0 Å². The van der Waals surface area contributed by atoms with Gasteiger partial charge >= 0.3 is 6.03 Å². The maximum atomic E-state index is 12.4. The third kappa shape index (κ3) is 5.06. The van der Waals surface area contributed by atoms with Crippen LogP contribution in [0.15, 0.2) is 41.2 Å². The van der Waals surface area contributed by atoms with Gasteiger partial charge in [-0.25, -0.2) is 4.79 Å². The molecule has 2 aromatic rings. The molecular weight excluding hydrogens is 358 g/mol. The average molecular weight is 385 g/mol. The predicted octanol–water partition coefficient (Wildman–Crippen LogP) is 3.80. The largest absolute Gasteiger partial charge is 0.491 e. The van der Waals surface area contributed by atoms with Crippen molar-refractivity contribution in [2.45, 2.75) is 39.2 Å². The number of likely N-dealkylation sites (tertiary alicyclic amines) is 1. The molecule has 1 aliphatic heterocycles. The van der Waals surface area contributed by atoms with E-state index in [1.54, 1.807) is 11.0 Å². The van der Waals surface area contributed by atoms with Crippen LogP contribution in [0.1, 0.15) is 42.1 Å². The molecule has 3 amide bonds. The highest BCUT2D eigenvalue weighted by Gasteiger charge is 2.25. The minimum Gasteiger partial charge on any atom is -0.491 e. The van der Waals surface area contributed by atoms with Crippen LogP contribution in [0.3, 0.4) is 0 Å². The van der Waals surface area contributed by atoms with E-state index in [0.717, 1.165) is 12.0 Å². The maximum absolute atomic E-state index is 12.4. The van der Waals surface area contributed by atoms with Crippen molar-refractivity contribution in [3.63, 3.8) is 0 Å². The number of urea groups is 1. The second-order valence-electron chi connectivity index (χ2n) is 7.03. The van der Waals surface area contributed by atoms with Gasteiger partial charge in [-0.05, 0) is 49.9 Å². The van der Waals surface area contributed by atoms with Crippen LogP contribution in [-0.4, -0.2) is 42.6 Å². The summed E-state index contributed by atoms with van der Waals surface area (Å²) in [6.07, 6.45) is 5.28. The summed E-state index contributed by atoms with van der Waals surface area (Å²) in [5, 5.41) is 5.88. The Balaban J connectivity index is 1.50.